The molecular formula is C11H20N2O. The van der Waals surface area contributed by atoms with Gasteiger partial charge in [-0.2, -0.15) is 0 Å². The van der Waals surface area contributed by atoms with Crippen LogP contribution < -0.4 is 10.6 Å². The predicted molar refractivity (Wildman–Crippen MR) is 56.0 cm³/mol. The highest BCUT2D eigenvalue weighted by atomic mass is 16.2. The second-order valence-electron chi connectivity index (χ2n) is 4.53. The summed E-state index contributed by atoms with van der Waals surface area (Å²) in [6.45, 7) is 1.95. The molecule has 0 aromatic carbocycles. The molecule has 0 aromatic rings. The van der Waals surface area contributed by atoms with Gasteiger partial charge in [-0.1, -0.05) is 12.8 Å². The Morgan fingerprint density at radius 3 is 2.57 bits per heavy atom. The van der Waals surface area contributed by atoms with Gasteiger partial charge in [-0.15, -0.1) is 0 Å². The monoisotopic (exact) mass is 196 g/mol. The van der Waals surface area contributed by atoms with Gasteiger partial charge in [0, 0.05) is 12.6 Å². The molecule has 1 atom stereocenters. The lowest BCUT2D eigenvalue weighted by Crippen LogP contribution is -2.43. The van der Waals surface area contributed by atoms with E-state index in [4.69, 9.17) is 0 Å². The van der Waals surface area contributed by atoms with Crippen molar-refractivity contribution < 1.29 is 4.79 Å². The van der Waals surface area contributed by atoms with Crippen molar-refractivity contribution in [3.05, 3.63) is 0 Å². The van der Waals surface area contributed by atoms with Crippen LogP contribution in [0.5, 0.6) is 0 Å². The molecule has 2 aliphatic rings. The molecule has 1 aliphatic heterocycles. The van der Waals surface area contributed by atoms with Crippen molar-refractivity contribution in [3.8, 4) is 0 Å². The summed E-state index contributed by atoms with van der Waals surface area (Å²) in [6, 6.07) is 0.476. The summed E-state index contributed by atoms with van der Waals surface area (Å²) >= 11 is 0. The summed E-state index contributed by atoms with van der Waals surface area (Å²) in [6.07, 6.45) is 7.15. The van der Waals surface area contributed by atoms with Gasteiger partial charge in [-0.05, 0) is 32.2 Å². The van der Waals surface area contributed by atoms with Crippen molar-refractivity contribution in [1.82, 2.24) is 10.6 Å². The number of piperidine rings is 1. The molecule has 3 nitrogen and oxygen atoms in total. The van der Waals surface area contributed by atoms with Gasteiger partial charge in [0.05, 0.1) is 5.92 Å². The first-order valence-electron chi connectivity index (χ1n) is 5.87. The lowest BCUT2D eigenvalue weighted by atomic mass is 9.98. The van der Waals surface area contributed by atoms with E-state index in [2.05, 4.69) is 10.6 Å². The number of amides is 1. The van der Waals surface area contributed by atoms with E-state index in [1.54, 1.807) is 0 Å². The first-order chi connectivity index (χ1) is 6.86. The lowest BCUT2D eigenvalue weighted by molar-refractivity contribution is -0.126. The summed E-state index contributed by atoms with van der Waals surface area (Å²) in [5, 5.41) is 6.45. The SMILES string of the molecule is O=C(NC1CCCC1)C1CCCNC1. The van der Waals surface area contributed by atoms with Crippen LogP contribution in [0.15, 0.2) is 0 Å². The van der Waals surface area contributed by atoms with Crippen LogP contribution in [0, 0.1) is 5.92 Å². The highest BCUT2D eigenvalue weighted by Gasteiger charge is 2.24. The highest BCUT2D eigenvalue weighted by molar-refractivity contribution is 5.79. The van der Waals surface area contributed by atoms with Crippen molar-refractivity contribution in [3.63, 3.8) is 0 Å². The van der Waals surface area contributed by atoms with E-state index in [0.29, 0.717) is 6.04 Å². The first kappa shape index (κ1) is 9.97. The number of carbonyl (C=O) groups excluding carboxylic acids is 1. The maximum atomic E-state index is 11.8. The van der Waals surface area contributed by atoms with E-state index in [0.717, 1.165) is 25.9 Å². The van der Waals surface area contributed by atoms with Crippen molar-refractivity contribution >= 4 is 5.91 Å². The van der Waals surface area contributed by atoms with Crippen molar-refractivity contribution in [2.45, 2.75) is 44.6 Å². The summed E-state index contributed by atoms with van der Waals surface area (Å²) in [7, 11) is 0. The van der Waals surface area contributed by atoms with Crippen molar-refractivity contribution in [2.24, 2.45) is 5.92 Å². The molecule has 0 bridgehead atoms. The molecule has 2 N–H and O–H groups in total. The maximum Gasteiger partial charge on any atom is 0.224 e. The zero-order valence-electron chi connectivity index (χ0n) is 8.72. The standard InChI is InChI=1S/C11H20N2O/c14-11(9-4-3-7-12-8-9)13-10-5-1-2-6-10/h9-10,12H,1-8H2,(H,13,14). The van der Waals surface area contributed by atoms with Crippen LogP contribution in [0.3, 0.4) is 0 Å². The molecule has 0 radical (unpaired) electrons. The highest BCUT2D eigenvalue weighted by Crippen LogP contribution is 2.19. The van der Waals surface area contributed by atoms with E-state index in [1.165, 1.54) is 25.7 Å². The fourth-order valence-electron chi connectivity index (χ4n) is 2.46. The van der Waals surface area contributed by atoms with E-state index in [-0.39, 0.29) is 11.8 Å². The molecule has 1 saturated carbocycles. The molecule has 1 amide bonds. The quantitative estimate of drug-likeness (QED) is 0.693. The number of rotatable bonds is 2. The van der Waals surface area contributed by atoms with Crippen LogP contribution >= 0.6 is 0 Å². The number of nitrogens with one attached hydrogen (secondary N) is 2. The van der Waals surface area contributed by atoms with Gasteiger partial charge in [0.15, 0.2) is 0 Å². The third kappa shape index (κ3) is 2.47. The molecule has 1 saturated heterocycles. The first-order valence-corrected chi connectivity index (χ1v) is 5.87. The zero-order chi connectivity index (χ0) is 9.80. The Labute approximate surface area is 85.6 Å². The average molecular weight is 196 g/mol. The largest absolute Gasteiger partial charge is 0.353 e. The Hall–Kier alpha value is -0.570. The molecular weight excluding hydrogens is 176 g/mol. The second kappa shape index (κ2) is 4.78. The number of carbonyl (C=O) groups is 1. The smallest absolute Gasteiger partial charge is 0.224 e. The summed E-state index contributed by atoms with van der Waals surface area (Å²) in [5.41, 5.74) is 0. The molecule has 0 aromatic heterocycles. The topological polar surface area (TPSA) is 41.1 Å². The van der Waals surface area contributed by atoms with Gasteiger partial charge in [0.1, 0.15) is 0 Å². The van der Waals surface area contributed by atoms with Gasteiger partial charge >= 0.3 is 0 Å². The average Bonchev–Trinajstić information content (AvgIpc) is 2.72. The van der Waals surface area contributed by atoms with Gasteiger partial charge in [0.2, 0.25) is 5.91 Å². The lowest BCUT2D eigenvalue weighted by Gasteiger charge is -2.23. The normalized spacial score (nSPS) is 29.0. The zero-order valence-corrected chi connectivity index (χ0v) is 8.72. The van der Waals surface area contributed by atoms with Crippen LogP contribution in [0.25, 0.3) is 0 Å². The predicted octanol–water partition coefficient (Wildman–Crippen LogP) is 1.04. The summed E-state index contributed by atoms with van der Waals surface area (Å²) in [4.78, 5) is 11.8. The summed E-state index contributed by atoms with van der Waals surface area (Å²) < 4.78 is 0. The minimum atomic E-state index is 0.226. The Balaban J connectivity index is 1.75. The molecule has 0 spiro atoms. The Morgan fingerprint density at radius 1 is 1.14 bits per heavy atom. The van der Waals surface area contributed by atoms with Crippen molar-refractivity contribution in [1.29, 1.82) is 0 Å². The Kier molecular flexibility index (Phi) is 3.40. The van der Waals surface area contributed by atoms with Gasteiger partial charge in [0.25, 0.3) is 0 Å². The Morgan fingerprint density at radius 2 is 1.93 bits per heavy atom. The fourth-order valence-corrected chi connectivity index (χ4v) is 2.46. The van der Waals surface area contributed by atoms with Crippen LogP contribution in [0.1, 0.15) is 38.5 Å². The maximum absolute atomic E-state index is 11.8. The second-order valence-corrected chi connectivity index (χ2v) is 4.53. The molecule has 1 unspecified atom stereocenters. The molecule has 14 heavy (non-hydrogen) atoms. The minimum Gasteiger partial charge on any atom is -0.353 e. The molecule has 3 heteroatoms. The van der Waals surface area contributed by atoms with Crippen molar-refractivity contribution in [2.75, 3.05) is 13.1 Å². The molecule has 1 aliphatic carbocycles. The number of hydrogen-bond donors (Lipinski definition) is 2. The summed E-state index contributed by atoms with van der Waals surface area (Å²) in [5.74, 6) is 0.508. The fraction of sp³-hybridized carbons (Fsp3) is 0.909. The molecule has 2 rings (SSSR count). The van der Waals surface area contributed by atoms with Gasteiger partial charge < -0.3 is 10.6 Å². The molecule has 2 fully saturated rings. The third-order valence-electron chi connectivity index (χ3n) is 3.37. The van der Waals surface area contributed by atoms with E-state index >= 15 is 0 Å². The third-order valence-corrected chi connectivity index (χ3v) is 3.37. The molecule has 1 heterocycles. The van der Waals surface area contributed by atoms with Crippen LogP contribution in [-0.4, -0.2) is 25.0 Å². The van der Waals surface area contributed by atoms with Crippen LogP contribution in [0.4, 0.5) is 0 Å². The van der Waals surface area contributed by atoms with E-state index < -0.39 is 0 Å². The Bertz CT molecular complexity index is 193. The van der Waals surface area contributed by atoms with E-state index in [9.17, 15) is 4.79 Å². The van der Waals surface area contributed by atoms with Gasteiger partial charge in [-0.3, -0.25) is 4.79 Å². The number of hydrogen-bond acceptors (Lipinski definition) is 2. The molecule has 80 valence electrons. The van der Waals surface area contributed by atoms with Crippen LogP contribution in [0.2, 0.25) is 0 Å². The van der Waals surface area contributed by atoms with E-state index in [1.807, 2.05) is 0 Å². The minimum absolute atomic E-state index is 0.226. The van der Waals surface area contributed by atoms with Gasteiger partial charge in [-0.25, -0.2) is 0 Å². The van der Waals surface area contributed by atoms with Crippen LogP contribution in [-0.2, 0) is 4.79 Å².